The van der Waals surface area contributed by atoms with Gasteiger partial charge < -0.3 is 14.8 Å². The number of sulfonamides is 1. The van der Waals surface area contributed by atoms with Gasteiger partial charge in [0.1, 0.15) is 11.5 Å². The highest BCUT2D eigenvalue weighted by molar-refractivity contribution is 7.89. The third-order valence-corrected chi connectivity index (χ3v) is 7.71. The summed E-state index contributed by atoms with van der Waals surface area (Å²) in [7, 11) is -0.250. The van der Waals surface area contributed by atoms with Gasteiger partial charge >= 0.3 is 0 Å². The van der Waals surface area contributed by atoms with Crippen molar-refractivity contribution in [2.45, 2.75) is 50.0 Å². The first-order valence-electron chi connectivity index (χ1n) is 11.0. The summed E-state index contributed by atoms with van der Waals surface area (Å²) >= 11 is 0. The van der Waals surface area contributed by atoms with E-state index in [0.717, 1.165) is 30.4 Å². The molecule has 0 radical (unpaired) electrons. The molecule has 174 valence electrons. The molecule has 1 unspecified atom stereocenters. The molecule has 0 bridgehead atoms. The van der Waals surface area contributed by atoms with Gasteiger partial charge in [-0.25, -0.2) is 8.42 Å². The van der Waals surface area contributed by atoms with Crippen molar-refractivity contribution in [2.24, 2.45) is 0 Å². The minimum atomic E-state index is -3.44. The van der Waals surface area contributed by atoms with Crippen LogP contribution < -0.4 is 14.8 Å². The van der Waals surface area contributed by atoms with E-state index in [1.54, 1.807) is 42.8 Å². The number of carbonyl (C=O) groups is 1. The molecule has 2 aromatic rings. The molecule has 1 atom stereocenters. The van der Waals surface area contributed by atoms with Gasteiger partial charge in [-0.15, -0.1) is 0 Å². The van der Waals surface area contributed by atoms with Gasteiger partial charge in [0, 0.05) is 25.1 Å². The molecule has 1 aliphatic heterocycles. The quantitative estimate of drug-likeness (QED) is 0.617. The van der Waals surface area contributed by atoms with Crippen molar-refractivity contribution >= 4 is 15.9 Å². The normalized spacial score (nSPS) is 15.7. The van der Waals surface area contributed by atoms with Crippen LogP contribution in [0.3, 0.4) is 0 Å². The Kier molecular flexibility index (Phi) is 8.15. The van der Waals surface area contributed by atoms with Crippen molar-refractivity contribution in [1.82, 2.24) is 9.62 Å². The van der Waals surface area contributed by atoms with Crippen LogP contribution in [0.4, 0.5) is 0 Å². The number of nitrogens with zero attached hydrogens (tertiary/aromatic N) is 1. The molecule has 1 aliphatic rings. The number of carbonyl (C=O) groups excluding carboxylic acids is 1. The molecule has 2 aromatic carbocycles. The molecule has 7 nitrogen and oxygen atoms in total. The molecule has 3 rings (SSSR count). The number of aryl methyl sites for hydroxylation is 1. The van der Waals surface area contributed by atoms with Crippen LogP contribution in [-0.2, 0) is 21.2 Å². The van der Waals surface area contributed by atoms with E-state index >= 15 is 0 Å². The first-order valence-corrected chi connectivity index (χ1v) is 12.4. The standard InChI is InChI=1S/C24H32N2O5S/c1-18(22-17-20(30-2)10-13-23(22)31-3)25-24(27)14-9-19-7-11-21(12-8-19)32(28,29)26-15-5-4-6-16-26/h7-8,10-13,17-18H,4-6,9,14-16H2,1-3H3,(H,25,27). The van der Waals surface area contributed by atoms with Gasteiger partial charge in [-0.05, 0) is 62.1 Å². The number of nitrogens with one attached hydrogen (secondary N) is 1. The Bertz CT molecular complexity index is 1020. The SMILES string of the molecule is COc1ccc(OC)c(C(C)NC(=O)CCc2ccc(S(=O)(=O)N3CCCCC3)cc2)c1. The Morgan fingerprint density at radius 3 is 2.34 bits per heavy atom. The molecule has 1 N–H and O–H groups in total. The molecule has 32 heavy (non-hydrogen) atoms. The predicted molar refractivity (Wildman–Crippen MR) is 123 cm³/mol. The van der Waals surface area contributed by atoms with E-state index in [1.807, 2.05) is 25.1 Å². The number of rotatable bonds is 9. The summed E-state index contributed by atoms with van der Waals surface area (Å²) in [5.74, 6) is 1.29. The summed E-state index contributed by atoms with van der Waals surface area (Å²) in [5, 5.41) is 2.99. The molecule has 0 aromatic heterocycles. The first kappa shape index (κ1) is 24.1. The molecule has 0 saturated carbocycles. The smallest absolute Gasteiger partial charge is 0.243 e. The van der Waals surface area contributed by atoms with Crippen molar-refractivity contribution in [1.29, 1.82) is 0 Å². The Balaban J connectivity index is 1.57. The maximum Gasteiger partial charge on any atom is 0.243 e. The topological polar surface area (TPSA) is 84.9 Å². The van der Waals surface area contributed by atoms with Crippen molar-refractivity contribution < 1.29 is 22.7 Å². The van der Waals surface area contributed by atoms with E-state index in [1.165, 1.54) is 0 Å². The molecule has 1 saturated heterocycles. The Hall–Kier alpha value is -2.58. The van der Waals surface area contributed by atoms with E-state index in [-0.39, 0.29) is 11.9 Å². The minimum absolute atomic E-state index is 0.0904. The molecule has 8 heteroatoms. The number of amides is 1. The van der Waals surface area contributed by atoms with Crippen LogP contribution in [-0.4, -0.2) is 45.9 Å². The van der Waals surface area contributed by atoms with Crippen LogP contribution >= 0.6 is 0 Å². The van der Waals surface area contributed by atoms with E-state index in [4.69, 9.17) is 9.47 Å². The molecule has 1 fully saturated rings. The summed E-state index contributed by atoms with van der Waals surface area (Å²) in [4.78, 5) is 12.8. The second-order valence-electron chi connectivity index (χ2n) is 8.01. The third kappa shape index (κ3) is 5.81. The second kappa shape index (κ2) is 10.8. The summed E-state index contributed by atoms with van der Waals surface area (Å²) in [6.07, 6.45) is 3.72. The zero-order chi connectivity index (χ0) is 23.1. The third-order valence-electron chi connectivity index (χ3n) is 5.80. The second-order valence-corrected chi connectivity index (χ2v) is 9.94. The highest BCUT2D eigenvalue weighted by Gasteiger charge is 2.25. The summed E-state index contributed by atoms with van der Waals surface area (Å²) in [6, 6.07) is 12.1. The van der Waals surface area contributed by atoms with E-state index < -0.39 is 10.0 Å². The van der Waals surface area contributed by atoms with E-state index in [9.17, 15) is 13.2 Å². The van der Waals surface area contributed by atoms with Crippen LogP contribution in [0, 0.1) is 0 Å². The molecule has 1 amide bonds. The largest absolute Gasteiger partial charge is 0.497 e. The molecular weight excluding hydrogens is 428 g/mol. The number of methoxy groups -OCH3 is 2. The summed E-state index contributed by atoms with van der Waals surface area (Å²) in [6.45, 7) is 3.07. The maximum atomic E-state index is 12.8. The van der Waals surface area contributed by atoms with E-state index in [2.05, 4.69) is 5.32 Å². The monoisotopic (exact) mass is 460 g/mol. The highest BCUT2D eigenvalue weighted by atomic mass is 32.2. The van der Waals surface area contributed by atoms with Crippen molar-refractivity contribution in [3.05, 3.63) is 53.6 Å². The fourth-order valence-corrected chi connectivity index (χ4v) is 5.43. The Morgan fingerprint density at radius 2 is 1.72 bits per heavy atom. The zero-order valence-corrected chi connectivity index (χ0v) is 19.8. The van der Waals surface area contributed by atoms with Crippen LogP contribution in [0.1, 0.15) is 49.8 Å². The van der Waals surface area contributed by atoms with Gasteiger partial charge in [0.25, 0.3) is 0 Å². The van der Waals surface area contributed by atoms with Crippen LogP contribution in [0.25, 0.3) is 0 Å². The molecular formula is C24H32N2O5S. The number of benzene rings is 2. The van der Waals surface area contributed by atoms with Crippen molar-refractivity contribution in [3.8, 4) is 11.5 Å². The summed E-state index contributed by atoms with van der Waals surface area (Å²) in [5.41, 5.74) is 1.76. The van der Waals surface area contributed by atoms with Crippen LogP contribution in [0.2, 0.25) is 0 Å². The Morgan fingerprint density at radius 1 is 1.03 bits per heavy atom. The van der Waals surface area contributed by atoms with Gasteiger partial charge in [-0.2, -0.15) is 4.31 Å². The lowest BCUT2D eigenvalue weighted by molar-refractivity contribution is -0.121. The molecule has 1 heterocycles. The Labute approximate surface area is 190 Å². The zero-order valence-electron chi connectivity index (χ0n) is 19.0. The first-order chi connectivity index (χ1) is 15.3. The maximum absolute atomic E-state index is 12.8. The van der Waals surface area contributed by atoms with E-state index in [0.29, 0.717) is 42.3 Å². The van der Waals surface area contributed by atoms with Crippen molar-refractivity contribution in [2.75, 3.05) is 27.3 Å². The van der Waals surface area contributed by atoms with Gasteiger partial charge in [-0.1, -0.05) is 18.6 Å². The van der Waals surface area contributed by atoms with Crippen LogP contribution in [0.5, 0.6) is 11.5 Å². The fraction of sp³-hybridized carbons (Fsp3) is 0.458. The molecule has 0 aliphatic carbocycles. The number of hydrogen-bond acceptors (Lipinski definition) is 5. The average molecular weight is 461 g/mol. The van der Waals surface area contributed by atoms with Crippen molar-refractivity contribution in [3.63, 3.8) is 0 Å². The van der Waals surface area contributed by atoms with Gasteiger partial charge in [0.2, 0.25) is 15.9 Å². The lowest BCUT2D eigenvalue weighted by Crippen LogP contribution is -2.35. The lowest BCUT2D eigenvalue weighted by Gasteiger charge is -2.25. The summed E-state index contributed by atoms with van der Waals surface area (Å²) < 4.78 is 37.8. The predicted octanol–water partition coefficient (Wildman–Crippen LogP) is 3.69. The number of piperidine rings is 1. The average Bonchev–Trinajstić information content (AvgIpc) is 2.83. The van der Waals surface area contributed by atoms with Gasteiger partial charge in [0.15, 0.2) is 0 Å². The molecule has 0 spiro atoms. The van der Waals surface area contributed by atoms with Gasteiger partial charge in [0.05, 0.1) is 25.2 Å². The number of hydrogen-bond donors (Lipinski definition) is 1. The minimum Gasteiger partial charge on any atom is -0.497 e. The lowest BCUT2D eigenvalue weighted by atomic mass is 10.1. The van der Waals surface area contributed by atoms with Crippen LogP contribution in [0.15, 0.2) is 47.4 Å². The highest BCUT2D eigenvalue weighted by Crippen LogP contribution is 2.29. The number of ether oxygens (including phenoxy) is 2. The fourth-order valence-electron chi connectivity index (χ4n) is 3.91. The van der Waals surface area contributed by atoms with Gasteiger partial charge in [-0.3, -0.25) is 4.79 Å².